The van der Waals surface area contributed by atoms with Gasteiger partial charge in [0.2, 0.25) is 0 Å². The van der Waals surface area contributed by atoms with Gasteiger partial charge >= 0.3 is 5.97 Å². The van der Waals surface area contributed by atoms with Crippen LogP contribution in [-0.4, -0.2) is 27.2 Å². The zero-order valence-electron chi connectivity index (χ0n) is 9.22. The molecule has 2 rings (SSSR count). The van der Waals surface area contributed by atoms with Crippen LogP contribution in [0.1, 0.15) is 37.4 Å². The van der Waals surface area contributed by atoms with Crippen LogP contribution in [0.3, 0.4) is 0 Å². The summed E-state index contributed by atoms with van der Waals surface area (Å²) >= 11 is 0. The van der Waals surface area contributed by atoms with Gasteiger partial charge in [-0.15, -0.1) is 0 Å². The maximum atomic E-state index is 10.3. The quantitative estimate of drug-likeness (QED) is 0.681. The summed E-state index contributed by atoms with van der Waals surface area (Å²) in [5.41, 5.74) is 1.19. The first kappa shape index (κ1) is 11.1. The molecule has 0 amide bonds. The Morgan fingerprint density at radius 3 is 3.12 bits per heavy atom. The van der Waals surface area contributed by atoms with Gasteiger partial charge in [-0.1, -0.05) is 0 Å². The van der Waals surface area contributed by atoms with Gasteiger partial charge < -0.3 is 15.0 Å². The largest absolute Gasteiger partial charge is 0.481 e. The summed E-state index contributed by atoms with van der Waals surface area (Å²) in [6.45, 7) is 1.51. The van der Waals surface area contributed by atoms with E-state index in [4.69, 9.17) is 5.11 Å². The number of aliphatic carboxylic acids is 1. The van der Waals surface area contributed by atoms with E-state index >= 15 is 0 Å². The summed E-state index contributed by atoms with van der Waals surface area (Å²) in [5.74, 6) is -0.732. The Balaban J connectivity index is 1.68. The van der Waals surface area contributed by atoms with Crippen molar-refractivity contribution in [3.8, 4) is 0 Å². The molecule has 1 fully saturated rings. The van der Waals surface area contributed by atoms with Crippen molar-refractivity contribution in [3.05, 3.63) is 18.2 Å². The molecule has 0 radical (unpaired) electrons. The average Bonchev–Trinajstić information content (AvgIpc) is 2.98. The standard InChI is InChI=1S/C11H17N3O2/c15-11(16)2-1-5-12-6-10-7-13-8-14(10)9-3-4-9/h7-9,12H,1-6H2,(H,15,16). The van der Waals surface area contributed by atoms with Gasteiger partial charge in [0.15, 0.2) is 0 Å². The number of aromatic nitrogens is 2. The van der Waals surface area contributed by atoms with E-state index in [2.05, 4.69) is 14.9 Å². The molecular formula is C11H17N3O2. The zero-order valence-corrected chi connectivity index (χ0v) is 9.22. The predicted molar refractivity (Wildman–Crippen MR) is 59.1 cm³/mol. The van der Waals surface area contributed by atoms with Crippen LogP contribution in [0.2, 0.25) is 0 Å². The smallest absolute Gasteiger partial charge is 0.303 e. The molecule has 0 saturated heterocycles. The van der Waals surface area contributed by atoms with Gasteiger partial charge in [-0.05, 0) is 25.8 Å². The van der Waals surface area contributed by atoms with Crippen molar-refractivity contribution >= 4 is 5.97 Å². The van der Waals surface area contributed by atoms with E-state index in [1.54, 1.807) is 0 Å². The first-order valence-corrected chi connectivity index (χ1v) is 5.70. The van der Waals surface area contributed by atoms with E-state index in [0.29, 0.717) is 12.5 Å². The summed E-state index contributed by atoms with van der Waals surface area (Å²) in [4.78, 5) is 14.4. The lowest BCUT2D eigenvalue weighted by molar-refractivity contribution is -0.137. The second-order valence-corrected chi connectivity index (χ2v) is 4.20. The van der Waals surface area contributed by atoms with Crippen LogP contribution in [0.25, 0.3) is 0 Å². The fraction of sp³-hybridized carbons (Fsp3) is 0.636. The molecular weight excluding hydrogens is 206 g/mol. The predicted octanol–water partition coefficient (Wildman–Crippen LogP) is 1.17. The summed E-state index contributed by atoms with van der Waals surface area (Å²) < 4.78 is 2.21. The van der Waals surface area contributed by atoms with Gasteiger partial charge in [0.05, 0.1) is 12.0 Å². The summed E-state index contributed by atoms with van der Waals surface area (Å²) in [7, 11) is 0. The number of carboxylic acid groups (broad SMARTS) is 1. The van der Waals surface area contributed by atoms with Crippen molar-refractivity contribution in [2.75, 3.05) is 6.54 Å². The molecule has 1 aliphatic rings. The number of nitrogens with zero attached hydrogens (tertiary/aromatic N) is 2. The molecule has 0 aromatic carbocycles. The molecule has 0 atom stereocenters. The van der Waals surface area contributed by atoms with Gasteiger partial charge in [0.1, 0.15) is 0 Å². The minimum atomic E-state index is -0.732. The average molecular weight is 223 g/mol. The monoisotopic (exact) mass is 223 g/mol. The molecule has 0 aliphatic heterocycles. The Morgan fingerprint density at radius 2 is 2.44 bits per heavy atom. The molecule has 1 aromatic heterocycles. The van der Waals surface area contributed by atoms with Crippen molar-refractivity contribution < 1.29 is 9.90 Å². The van der Waals surface area contributed by atoms with E-state index in [1.165, 1.54) is 18.5 Å². The van der Waals surface area contributed by atoms with Crippen LogP contribution in [0.15, 0.2) is 12.5 Å². The van der Waals surface area contributed by atoms with E-state index in [9.17, 15) is 4.79 Å². The second kappa shape index (κ2) is 5.12. The third-order valence-electron chi connectivity index (χ3n) is 2.74. The Kier molecular flexibility index (Phi) is 3.56. The van der Waals surface area contributed by atoms with Gasteiger partial charge in [-0.3, -0.25) is 4.79 Å². The number of nitrogens with one attached hydrogen (secondary N) is 1. The van der Waals surface area contributed by atoms with Crippen LogP contribution in [0.5, 0.6) is 0 Å². The third-order valence-corrected chi connectivity index (χ3v) is 2.74. The molecule has 0 spiro atoms. The number of carbonyl (C=O) groups is 1. The second-order valence-electron chi connectivity index (χ2n) is 4.20. The van der Waals surface area contributed by atoms with E-state index in [-0.39, 0.29) is 6.42 Å². The first-order chi connectivity index (χ1) is 7.77. The molecule has 5 nitrogen and oxygen atoms in total. The SMILES string of the molecule is O=C(O)CCCNCc1cncn1C1CC1. The number of rotatable bonds is 7. The maximum Gasteiger partial charge on any atom is 0.303 e. The van der Waals surface area contributed by atoms with Gasteiger partial charge in [0.25, 0.3) is 0 Å². The minimum Gasteiger partial charge on any atom is -0.481 e. The highest BCUT2D eigenvalue weighted by Gasteiger charge is 2.24. The number of carboxylic acids is 1. The summed E-state index contributed by atoms with van der Waals surface area (Å²) in [5, 5.41) is 11.7. The highest BCUT2D eigenvalue weighted by atomic mass is 16.4. The molecule has 5 heteroatoms. The molecule has 1 saturated carbocycles. The Bertz CT molecular complexity index is 358. The zero-order chi connectivity index (χ0) is 11.4. The van der Waals surface area contributed by atoms with Gasteiger partial charge in [0, 0.05) is 25.2 Å². The lowest BCUT2D eigenvalue weighted by atomic mass is 10.3. The van der Waals surface area contributed by atoms with Gasteiger partial charge in [-0.25, -0.2) is 4.98 Å². The van der Waals surface area contributed by atoms with Crippen molar-refractivity contribution in [1.82, 2.24) is 14.9 Å². The fourth-order valence-electron chi connectivity index (χ4n) is 1.73. The molecule has 0 unspecified atom stereocenters. The van der Waals surface area contributed by atoms with Crippen LogP contribution in [-0.2, 0) is 11.3 Å². The topological polar surface area (TPSA) is 67.2 Å². The van der Waals surface area contributed by atoms with Crippen LogP contribution in [0.4, 0.5) is 0 Å². The van der Waals surface area contributed by atoms with Crippen LogP contribution in [0, 0.1) is 0 Å². The molecule has 1 aliphatic carbocycles. The van der Waals surface area contributed by atoms with E-state index in [1.807, 2.05) is 12.5 Å². The lowest BCUT2D eigenvalue weighted by Crippen LogP contribution is -2.17. The van der Waals surface area contributed by atoms with E-state index < -0.39 is 5.97 Å². The summed E-state index contributed by atoms with van der Waals surface area (Å²) in [6, 6.07) is 0.651. The number of hydrogen-bond acceptors (Lipinski definition) is 3. The minimum absolute atomic E-state index is 0.231. The first-order valence-electron chi connectivity index (χ1n) is 5.70. The summed E-state index contributed by atoms with van der Waals surface area (Å²) in [6.07, 6.45) is 7.17. The van der Waals surface area contributed by atoms with E-state index in [0.717, 1.165) is 13.1 Å². The van der Waals surface area contributed by atoms with Gasteiger partial charge in [-0.2, -0.15) is 0 Å². The maximum absolute atomic E-state index is 10.3. The highest BCUT2D eigenvalue weighted by Crippen LogP contribution is 2.35. The van der Waals surface area contributed by atoms with Crippen LogP contribution < -0.4 is 5.32 Å². The number of hydrogen-bond donors (Lipinski definition) is 2. The third kappa shape index (κ3) is 3.06. The Morgan fingerprint density at radius 1 is 1.62 bits per heavy atom. The molecule has 2 N–H and O–H groups in total. The molecule has 16 heavy (non-hydrogen) atoms. The Hall–Kier alpha value is -1.36. The Labute approximate surface area is 94.5 Å². The van der Waals surface area contributed by atoms with Crippen molar-refractivity contribution in [3.63, 3.8) is 0 Å². The van der Waals surface area contributed by atoms with Crippen molar-refractivity contribution in [1.29, 1.82) is 0 Å². The van der Waals surface area contributed by atoms with Crippen molar-refractivity contribution in [2.24, 2.45) is 0 Å². The van der Waals surface area contributed by atoms with Crippen molar-refractivity contribution in [2.45, 2.75) is 38.3 Å². The fourth-order valence-corrected chi connectivity index (χ4v) is 1.73. The normalized spacial score (nSPS) is 15.2. The molecule has 88 valence electrons. The highest BCUT2D eigenvalue weighted by molar-refractivity contribution is 5.66. The lowest BCUT2D eigenvalue weighted by Gasteiger charge is -2.07. The number of imidazole rings is 1. The molecule has 1 heterocycles. The molecule has 1 aromatic rings. The molecule has 0 bridgehead atoms. The van der Waals surface area contributed by atoms with Crippen LogP contribution >= 0.6 is 0 Å².